The summed E-state index contributed by atoms with van der Waals surface area (Å²) >= 11 is 0. The smallest absolute Gasteiger partial charge is 0.194 e. The van der Waals surface area contributed by atoms with E-state index in [-0.39, 0.29) is 30.1 Å². The molecule has 1 aliphatic heterocycles. The molecule has 2 aromatic carbocycles. The van der Waals surface area contributed by atoms with Gasteiger partial charge in [0.25, 0.3) is 0 Å². The number of hydrogen-bond donors (Lipinski definition) is 1. The third kappa shape index (κ3) is 6.07. The lowest BCUT2D eigenvalue weighted by Gasteiger charge is -2.35. The SMILES string of the molecule is CN=C(NCc1cnn(Cc2ccccc2)c1)N1CCOC(c2ccccc2C)C1.I. The van der Waals surface area contributed by atoms with Crippen molar-refractivity contribution in [2.75, 3.05) is 26.7 Å². The summed E-state index contributed by atoms with van der Waals surface area (Å²) in [5, 5.41) is 7.98. The predicted octanol–water partition coefficient (Wildman–Crippen LogP) is 4.01. The van der Waals surface area contributed by atoms with Crippen LogP contribution in [0.1, 0.15) is 28.4 Å². The lowest BCUT2D eigenvalue weighted by molar-refractivity contribution is -0.00833. The topological polar surface area (TPSA) is 54.7 Å². The Morgan fingerprint density at radius 3 is 2.68 bits per heavy atom. The standard InChI is InChI=1S/C24H29N5O.HI/c1-19-8-6-7-11-22(19)23-18-28(12-13-30-23)24(25-2)26-14-21-15-27-29(17-21)16-20-9-4-3-5-10-20;/h3-11,15,17,23H,12-14,16,18H2,1-2H3,(H,25,26);1H. The maximum atomic E-state index is 6.05. The molecule has 0 saturated carbocycles. The van der Waals surface area contributed by atoms with Gasteiger partial charge < -0.3 is 15.0 Å². The van der Waals surface area contributed by atoms with E-state index in [1.807, 2.05) is 24.0 Å². The number of aromatic nitrogens is 2. The molecular weight excluding hydrogens is 501 g/mol. The number of hydrogen-bond acceptors (Lipinski definition) is 3. The van der Waals surface area contributed by atoms with Gasteiger partial charge in [0.15, 0.2) is 5.96 Å². The molecule has 0 radical (unpaired) electrons. The summed E-state index contributed by atoms with van der Waals surface area (Å²) in [6, 6.07) is 18.8. The summed E-state index contributed by atoms with van der Waals surface area (Å²) in [6.45, 7) is 5.91. The molecule has 1 saturated heterocycles. The van der Waals surface area contributed by atoms with Crippen LogP contribution < -0.4 is 5.32 Å². The van der Waals surface area contributed by atoms with Crippen molar-refractivity contribution in [3.05, 3.63) is 89.2 Å². The van der Waals surface area contributed by atoms with Crippen LogP contribution in [-0.4, -0.2) is 47.4 Å². The molecule has 1 aliphatic rings. The number of aryl methyl sites for hydroxylation is 1. The maximum absolute atomic E-state index is 6.05. The van der Waals surface area contributed by atoms with Gasteiger partial charge in [-0.25, -0.2) is 0 Å². The molecule has 7 heteroatoms. The van der Waals surface area contributed by atoms with Crippen LogP contribution >= 0.6 is 24.0 Å². The number of nitrogens with one attached hydrogen (secondary N) is 1. The minimum Gasteiger partial charge on any atom is -0.370 e. The Labute approximate surface area is 201 Å². The van der Waals surface area contributed by atoms with Gasteiger partial charge in [0.05, 0.1) is 25.9 Å². The second-order valence-electron chi connectivity index (χ2n) is 7.59. The predicted molar refractivity (Wildman–Crippen MR) is 135 cm³/mol. The van der Waals surface area contributed by atoms with E-state index >= 15 is 0 Å². The van der Waals surface area contributed by atoms with Gasteiger partial charge in [-0.05, 0) is 23.6 Å². The maximum Gasteiger partial charge on any atom is 0.194 e. The van der Waals surface area contributed by atoms with Crippen LogP contribution in [0.25, 0.3) is 0 Å². The van der Waals surface area contributed by atoms with Crippen molar-refractivity contribution < 1.29 is 4.74 Å². The zero-order chi connectivity index (χ0) is 20.8. The molecule has 0 amide bonds. The van der Waals surface area contributed by atoms with Crippen molar-refractivity contribution in [1.82, 2.24) is 20.0 Å². The minimum absolute atomic E-state index is 0. The Balaban J connectivity index is 0.00000272. The van der Waals surface area contributed by atoms with E-state index in [4.69, 9.17) is 4.74 Å². The Kier molecular flexibility index (Phi) is 8.48. The molecule has 1 aromatic heterocycles. The highest BCUT2D eigenvalue weighted by atomic mass is 127. The van der Waals surface area contributed by atoms with Gasteiger partial charge in [0.2, 0.25) is 0 Å². The Hall–Kier alpha value is -2.39. The van der Waals surface area contributed by atoms with E-state index < -0.39 is 0 Å². The van der Waals surface area contributed by atoms with Crippen molar-refractivity contribution in [2.45, 2.75) is 26.1 Å². The third-order valence-corrected chi connectivity index (χ3v) is 5.44. The average molecular weight is 531 g/mol. The number of benzene rings is 2. The van der Waals surface area contributed by atoms with Gasteiger partial charge >= 0.3 is 0 Å². The summed E-state index contributed by atoms with van der Waals surface area (Å²) in [7, 11) is 1.83. The normalized spacial score (nSPS) is 16.6. The van der Waals surface area contributed by atoms with Crippen LogP contribution in [0, 0.1) is 6.92 Å². The van der Waals surface area contributed by atoms with Crippen LogP contribution in [-0.2, 0) is 17.8 Å². The Morgan fingerprint density at radius 2 is 1.90 bits per heavy atom. The van der Waals surface area contributed by atoms with E-state index in [1.165, 1.54) is 16.7 Å². The van der Waals surface area contributed by atoms with Crippen LogP contribution in [0.4, 0.5) is 0 Å². The van der Waals surface area contributed by atoms with Gasteiger partial charge in [0, 0.05) is 31.9 Å². The first-order valence-corrected chi connectivity index (χ1v) is 10.4. The van der Waals surface area contributed by atoms with Crippen molar-refractivity contribution in [2.24, 2.45) is 4.99 Å². The first-order chi connectivity index (χ1) is 14.7. The number of morpholine rings is 1. The fraction of sp³-hybridized carbons (Fsp3) is 0.333. The van der Waals surface area contributed by atoms with Crippen molar-refractivity contribution in [1.29, 1.82) is 0 Å². The van der Waals surface area contributed by atoms with Crippen LogP contribution in [0.5, 0.6) is 0 Å². The van der Waals surface area contributed by atoms with Crippen LogP contribution in [0.2, 0.25) is 0 Å². The molecule has 4 rings (SSSR count). The fourth-order valence-electron chi connectivity index (χ4n) is 3.85. The highest BCUT2D eigenvalue weighted by Crippen LogP contribution is 2.25. The molecule has 1 atom stereocenters. The van der Waals surface area contributed by atoms with Crippen LogP contribution in [0.3, 0.4) is 0 Å². The lowest BCUT2D eigenvalue weighted by atomic mass is 10.0. The molecule has 0 spiro atoms. The van der Waals surface area contributed by atoms with Gasteiger partial charge in [-0.2, -0.15) is 5.10 Å². The first kappa shape index (κ1) is 23.3. The van der Waals surface area contributed by atoms with Gasteiger partial charge in [-0.3, -0.25) is 9.67 Å². The van der Waals surface area contributed by atoms with Crippen molar-refractivity contribution in [3.63, 3.8) is 0 Å². The molecule has 1 unspecified atom stereocenters. The fourth-order valence-corrected chi connectivity index (χ4v) is 3.85. The molecule has 164 valence electrons. The summed E-state index contributed by atoms with van der Waals surface area (Å²) < 4.78 is 8.02. The van der Waals surface area contributed by atoms with Gasteiger partial charge in [-0.1, -0.05) is 54.6 Å². The lowest BCUT2D eigenvalue weighted by Crippen LogP contribution is -2.48. The first-order valence-electron chi connectivity index (χ1n) is 10.4. The zero-order valence-corrected chi connectivity index (χ0v) is 20.4. The van der Waals surface area contributed by atoms with Crippen molar-refractivity contribution >= 4 is 29.9 Å². The van der Waals surface area contributed by atoms with E-state index in [0.29, 0.717) is 13.2 Å². The number of halogens is 1. The number of guanidine groups is 1. The number of rotatable bonds is 5. The third-order valence-electron chi connectivity index (χ3n) is 5.44. The quantitative estimate of drug-likeness (QED) is 0.307. The summed E-state index contributed by atoms with van der Waals surface area (Å²) in [5.41, 5.74) is 4.89. The van der Waals surface area contributed by atoms with E-state index in [9.17, 15) is 0 Å². The summed E-state index contributed by atoms with van der Waals surface area (Å²) in [6.07, 6.45) is 4.06. The van der Waals surface area contributed by atoms with E-state index in [1.54, 1.807) is 0 Å². The molecule has 0 aliphatic carbocycles. The zero-order valence-electron chi connectivity index (χ0n) is 18.1. The molecular formula is C24H30IN5O. The monoisotopic (exact) mass is 531 g/mol. The van der Waals surface area contributed by atoms with E-state index in [0.717, 1.165) is 31.2 Å². The number of nitrogens with zero attached hydrogens (tertiary/aromatic N) is 4. The van der Waals surface area contributed by atoms with E-state index in [2.05, 4.69) is 82.0 Å². The molecule has 1 N–H and O–H groups in total. The van der Waals surface area contributed by atoms with Crippen molar-refractivity contribution in [3.8, 4) is 0 Å². The molecule has 6 nitrogen and oxygen atoms in total. The molecule has 31 heavy (non-hydrogen) atoms. The Morgan fingerprint density at radius 1 is 1.13 bits per heavy atom. The molecule has 2 heterocycles. The number of ether oxygens (including phenoxy) is 1. The molecule has 0 bridgehead atoms. The molecule has 1 fully saturated rings. The van der Waals surface area contributed by atoms with Crippen LogP contribution in [0.15, 0.2) is 72.0 Å². The number of aliphatic imine (C=N–C) groups is 1. The minimum atomic E-state index is 0. The second kappa shape index (κ2) is 11.3. The summed E-state index contributed by atoms with van der Waals surface area (Å²) in [4.78, 5) is 6.77. The van der Waals surface area contributed by atoms with Gasteiger partial charge in [-0.15, -0.1) is 24.0 Å². The molecule has 3 aromatic rings. The highest BCUT2D eigenvalue weighted by molar-refractivity contribution is 14.0. The summed E-state index contributed by atoms with van der Waals surface area (Å²) in [5.74, 6) is 0.896. The Bertz CT molecular complexity index is 988. The second-order valence-corrected chi connectivity index (χ2v) is 7.59. The highest BCUT2D eigenvalue weighted by Gasteiger charge is 2.25. The average Bonchev–Trinajstić information content (AvgIpc) is 3.23. The largest absolute Gasteiger partial charge is 0.370 e. The van der Waals surface area contributed by atoms with Gasteiger partial charge in [0.1, 0.15) is 6.10 Å².